The zero-order valence-corrected chi connectivity index (χ0v) is 12.9. The maximum Gasteiger partial charge on any atom is 0.0875 e. The average molecular weight is 300 g/mol. The number of aryl methyl sites for hydroxylation is 1. The molecule has 0 spiro atoms. The van der Waals surface area contributed by atoms with Gasteiger partial charge in [0.2, 0.25) is 0 Å². The van der Waals surface area contributed by atoms with Crippen molar-refractivity contribution < 1.29 is 0 Å². The molecule has 2 aromatic carbocycles. The number of benzene rings is 2. The van der Waals surface area contributed by atoms with E-state index >= 15 is 0 Å². The first-order valence-corrected chi connectivity index (χ1v) is 7.41. The van der Waals surface area contributed by atoms with Gasteiger partial charge in [-0.25, -0.2) is 0 Å². The number of nitrogens with zero attached hydrogens (tertiary/aromatic N) is 2. The Bertz CT molecular complexity index is 764. The highest BCUT2D eigenvalue weighted by atomic mass is 35.5. The quantitative estimate of drug-likeness (QED) is 0.795. The van der Waals surface area contributed by atoms with Gasteiger partial charge in [-0.2, -0.15) is 5.10 Å². The van der Waals surface area contributed by atoms with Crippen molar-refractivity contribution >= 4 is 22.5 Å². The minimum atomic E-state index is 0.135. The van der Waals surface area contributed by atoms with E-state index in [9.17, 15) is 0 Å². The van der Waals surface area contributed by atoms with Crippen molar-refractivity contribution in [1.29, 1.82) is 0 Å². The van der Waals surface area contributed by atoms with Gasteiger partial charge < -0.3 is 5.32 Å². The number of para-hydroxylation sites is 1. The second-order valence-electron chi connectivity index (χ2n) is 5.16. The lowest BCUT2D eigenvalue weighted by Crippen LogP contribution is -2.20. The second kappa shape index (κ2) is 5.88. The Hall–Kier alpha value is -1.84. The molecule has 3 rings (SSSR count). The molecule has 21 heavy (non-hydrogen) atoms. The number of halogens is 1. The van der Waals surface area contributed by atoms with Gasteiger partial charge in [-0.15, -0.1) is 0 Å². The van der Waals surface area contributed by atoms with E-state index in [-0.39, 0.29) is 6.04 Å². The third-order valence-corrected chi connectivity index (χ3v) is 4.22. The van der Waals surface area contributed by atoms with E-state index < -0.39 is 0 Å². The van der Waals surface area contributed by atoms with Crippen LogP contribution < -0.4 is 5.32 Å². The zero-order chi connectivity index (χ0) is 14.8. The number of nitrogens with one attached hydrogen (secondary N) is 1. The highest BCUT2D eigenvalue weighted by Gasteiger charge is 2.18. The van der Waals surface area contributed by atoms with E-state index in [0.717, 1.165) is 28.2 Å². The van der Waals surface area contributed by atoms with Crippen LogP contribution >= 0.6 is 11.6 Å². The fourth-order valence-corrected chi connectivity index (χ4v) is 2.93. The van der Waals surface area contributed by atoms with Crippen molar-refractivity contribution in [2.24, 2.45) is 7.05 Å². The summed E-state index contributed by atoms with van der Waals surface area (Å²) >= 11 is 6.28. The van der Waals surface area contributed by atoms with Gasteiger partial charge in [0, 0.05) is 17.5 Å². The van der Waals surface area contributed by atoms with Crippen LogP contribution in [0.15, 0.2) is 48.5 Å². The van der Waals surface area contributed by atoms with Gasteiger partial charge in [0.15, 0.2) is 0 Å². The molecule has 3 aromatic rings. The van der Waals surface area contributed by atoms with Crippen LogP contribution in [0, 0.1) is 0 Å². The largest absolute Gasteiger partial charge is 0.311 e. The third-order valence-electron chi connectivity index (χ3n) is 3.85. The Kier molecular flexibility index (Phi) is 3.95. The van der Waals surface area contributed by atoms with Crippen LogP contribution in [0.4, 0.5) is 0 Å². The number of rotatable bonds is 4. The van der Waals surface area contributed by atoms with E-state index in [1.807, 2.05) is 43.0 Å². The van der Waals surface area contributed by atoms with Gasteiger partial charge in [0.05, 0.1) is 17.3 Å². The first kappa shape index (κ1) is 14.1. The molecule has 0 aliphatic rings. The molecule has 1 heterocycles. The Morgan fingerprint density at radius 1 is 1.14 bits per heavy atom. The fourth-order valence-electron chi connectivity index (χ4n) is 2.72. The smallest absolute Gasteiger partial charge is 0.0875 e. The lowest BCUT2D eigenvalue weighted by Gasteiger charge is -2.15. The van der Waals surface area contributed by atoms with Crippen LogP contribution in [0.1, 0.15) is 17.3 Å². The van der Waals surface area contributed by atoms with Gasteiger partial charge >= 0.3 is 0 Å². The first-order valence-electron chi connectivity index (χ1n) is 7.03. The molecule has 0 aliphatic heterocycles. The first-order chi connectivity index (χ1) is 10.2. The lowest BCUT2D eigenvalue weighted by molar-refractivity contribution is 0.567. The van der Waals surface area contributed by atoms with Crippen LogP contribution in [0.5, 0.6) is 0 Å². The van der Waals surface area contributed by atoms with Crippen LogP contribution in [-0.4, -0.2) is 16.8 Å². The molecule has 108 valence electrons. The molecule has 1 aromatic heterocycles. The Morgan fingerprint density at radius 3 is 2.62 bits per heavy atom. The Balaban J connectivity index is 2.01. The summed E-state index contributed by atoms with van der Waals surface area (Å²) in [4.78, 5) is 0. The summed E-state index contributed by atoms with van der Waals surface area (Å²) in [6, 6.07) is 16.4. The third kappa shape index (κ3) is 2.67. The molecular weight excluding hydrogens is 282 g/mol. The molecule has 0 radical (unpaired) electrons. The molecule has 1 unspecified atom stereocenters. The van der Waals surface area contributed by atoms with Crippen molar-refractivity contribution in [2.75, 3.05) is 7.05 Å². The van der Waals surface area contributed by atoms with Crippen LogP contribution in [0.2, 0.25) is 5.02 Å². The zero-order valence-electron chi connectivity index (χ0n) is 12.2. The van der Waals surface area contributed by atoms with Crippen molar-refractivity contribution in [1.82, 2.24) is 15.1 Å². The minimum Gasteiger partial charge on any atom is -0.311 e. The normalized spacial score (nSPS) is 12.7. The standard InChI is InChI=1S/C17H18ClN3/c1-19-15(11-12-7-3-5-9-14(12)18)17-13-8-4-6-10-16(13)21(2)20-17/h3-10,15,19H,11H2,1-2H3. The molecule has 0 fully saturated rings. The number of likely N-dealkylation sites (N-methyl/N-ethyl adjacent to an activating group) is 1. The maximum atomic E-state index is 6.28. The van der Waals surface area contributed by atoms with Crippen molar-refractivity contribution in [3.05, 3.63) is 64.8 Å². The van der Waals surface area contributed by atoms with E-state index in [0.29, 0.717) is 0 Å². The Labute approximate surface area is 129 Å². The predicted octanol–water partition coefficient (Wildman–Crippen LogP) is 3.73. The molecule has 0 bridgehead atoms. The monoisotopic (exact) mass is 299 g/mol. The van der Waals surface area contributed by atoms with E-state index in [1.54, 1.807) is 0 Å². The minimum absolute atomic E-state index is 0.135. The van der Waals surface area contributed by atoms with E-state index in [2.05, 4.69) is 29.6 Å². The predicted molar refractivity (Wildman–Crippen MR) is 87.7 cm³/mol. The van der Waals surface area contributed by atoms with Crippen molar-refractivity contribution in [2.45, 2.75) is 12.5 Å². The number of hydrogen-bond acceptors (Lipinski definition) is 2. The highest BCUT2D eigenvalue weighted by Crippen LogP contribution is 2.27. The van der Waals surface area contributed by atoms with Gasteiger partial charge in [-0.1, -0.05) is 48.0 Å². The molecule has 3 nitrogen and oxygen atoms in total. The molecule has 0 saturated carbocycles. The van der Waals surface area contributed by atoms with Gasteiger partial charge in [0.25, 0.3) is 0 Å². The number of fused-ring (bicyclic) bond motifs is 1. The van der Waals surface area contributed by atoms with Gasteiger partial charge in [-0.05, 0) is 31.2 Å². The summed E-state index contributed by atoms with van der Waals surface area (Å²) in [5, 5.41) is 10.1. The van der Waals surface area contributed by atoms with E-state index in [1.165, 1.54) is 5.39 Å². The summed E-state index contributed by atoms with van der Waals surface area (Å²) < 4.78 is 1.93. The lowest BCUT2D eigenvalue weighted by atomic mass is 10.0. The van der Waals surface area contributed by atoms with Gasteiger partial charge in [0.1, 0.15) is 0 Å². The summed E-state index contributed by atoms with van der Waals surface area (Å²) in [5.41, 5.74) is 3.34. The Morgan fingerprint density at radius 2 is 1.86 bits per heavy atom. The molecule has 0 aliphatic carbocycles. The number of aromatic nitrogens is 2. The summed E-state index contributed by atoms with van der Waals surface area (Å²) in [7, 11) is 3.94. The van der Waals surface area contributed by atoms with Crippen LogP contribution in [0.3, 0.4) is 0 Å². The van der Waals surface area contributed by atoms with Crippen molar-refractivity contribution in [3.8, 4) is 0 Å². The molecule has 4 heteroatoms. The summed E-state index contributed by atoms with van der Waals surface area (Å²) in [5.74, 6) is 0. The molecule has 0 saturated heterocycles. The maximum absolute atomic E-state index is 6.28. The molecule has 0 amide bonds. The second-order valence-corrected chi connectivity index (χ2v) is 5.57. The van der Waals surface area contributed by atoms with Crippen LogP contribution in [0.25, 0.3) is 10.9 Å². The van der Waals surface area contributed by atoms with Gasteiger partial charge in [-0.3, -0.25) is 4.68 Å². The highest BCUT2D eigenvalue weighted by molar-refractivity contribution is 6.31. The number of hydrogen-bond donors (Lipinski definition) is 1. The SMILES string of the molecule is CNC(Cc1ccccc1Cl)c1nn(C)c2ccccc12. The molecule has 1 atom stereocenters. The average Bonchev–Trinajstić information content (AvgIpc) is 2.84. The summed E-state index contributed by atoms with van der Waals surface area (Å²) in [6.07, 6.45) is 0.817. The summed E-state index contributed by atoms with van der Waals surface area (Å²) in [6.45, 7) is 0. The fraction of sp³-hybridized carbons (Fsp3) is 0.235. The topological polar surface area (TPSA) is 29.9 Å². The van der Waals surface area contributed by atoms with E-state index in [4.69, 9.17) is 16.7 Å². The van der Waals surface area contributed by atoms with Crippen molar-refractivity contribution in [3.63, 3.8) is 0 Å². The molecular formula is C17H18ClN3. The molecule has 1 N–H and O–H groups in total. The van der Waals surface area contributed by atoms with Crippen LogP contribution in [-0.2, 0) is 13.5 Å².